The largest absolute Gasteiger partial charge is 0.393 e. The Hall–Kier alpha value is -1.00. The molecule has 1 N–H and O–H groups in total. The lowest BCUT2D eigenvalue weighted by Crippen LogP contribution is -2.24. The SMILES string of the molecule is OC1CCOC(c2ccc(F)cc2F)C1. The number of ether oxygens (including phenoxy) is 1. The van der Waals surface area contributed by atoms with E-state index in [1.165, 1.54) is 12.1 Å². The van der Waals surface area contributed by atoms with Crippen LogP contribution in [0.25, 0.3) is 0 Å². The summed E-state index contributed by atoms with van der Waals surface area (Å²) < 4.78 is 31.4. The van der Waals surface area contributed by atoms with Gasteiger partial charge >= 0.3 is 0 Å². The van der Waals surface area contributed by atoms with Crippen LogP contribution in [0.15, 0.2) is 18.2 Å². The van der Waals surface area contributed by atoms with Crippen LogP contribution in [0.1, 0.15) is 24.5 Å². The van der Waals surface area contributed by atoms with Gasteiger partial charge in [0, 0.05) is 24.7 Å². The van der Waals surface area contributed by atoms with E-state index in [0.29, 0.717) is 25.0 Å². The molecule has 1 fully saturated rings. The maximum absolute atomic E-state index is 13.4. The van der Waals surface area contributed by atoms with Gasteiger partial charge in [-0.25, -0.2) is 8.78 Å². The van der Waals surface area contributed by atoms with Gasteiger partial charge in [0.2, 0.25) is 0 Å². The number of hydrogen-bond acceptors (Lipinski definition) is 2. The van der Waals surface area contributed by atoms with Gasteiger partial charge in [-0.15, -0.1) is 0 Å². The van der Waals surface area contributed by atoms with Gasteiger partial charge in [-0.05, 0) is 12.5 Å². The number of rotatable bonds is 1. The molecule has 2 atom stereocenters. The van der Waals surface area contributed by atoms with Crippen molar-refractivity contribution in [3.63, 3.8) is 0 Å². The minimum absolute atomic E-state index is 0.315. The van der Waals surface area contributed by atoms with Crippen LogP contribution in [-0.4, -0.2) is 17.8 Å². The summed E-state index contributed by atoms with van der Waals surface area (Å²) in [6.45, 7) is 0.405. The number of aliphatic hydroxyl groups is 1. The zero-order chi connectivity index (χ0) is 10.8. The van der Waals surface area contributed by atoms with E-state index in [0.717, 1.165) is 6.07 Å². The summed E-state index contributed by atoms with van der Waals surface area (Å²) in [7, 11) is 0. The van der Waals surface area contributed by atoms with E-state index in [4.69, 9.17) is 4.74 Å². The standard InChI is InChI=1S/C11H12F2O2/c12-7-1-2-9(10(13)5-7)11-6-8(14)3-4-15-11/h1-2,5,8,11,14H,3-4,6H2. The van der Waals surface area contributed by atoms with Crippen LogP contribution < -0.4 is 0 Å². The van der Waals surface area contributed by atoms with Crippen LogP contribution in [-0.2, 0) is 4.74 Å². The van der Waals surface area contributed by atoms with Crippen LogP contribution in [0.4, 0.5) is 8.78 Å². The molecule has 2 nitrogen and oxygen atoms in total. The van der Waals surface area contributed by atoms with E-state index in [1.807, 2.05) is 0 Å². The number of benzene rings is 1. The van der Waals surface area contributed by atoms with E-state index in [-0.39, 0.29) is 0 Å². The lowest BCUT2D eigenvalue weighted by Gasteiger charge is -2.26. The van der Waals surface area contributed by atoms with Crippen LogP contribution in [0, 0.1) is 11.6 Å². The van der Waals surface area contributed by atoms with Crippen LogP contribution >= 0.6 is 0 Å². The van der Waals surface area contributed by atoms with Crippen molar-refractivity contribution in [2.24, 2.45) is 0 Å². The van der Waals surface area contributed by atoms with Crippen LogP contribution in [0.3, 0.4) is 0 Å². The van der Waals surface area contributed by atoms with Crippen molar-refractivity contribution in [2.45, 2.75) is 25.0 Å². The van der Waals surface area contributed by atoms with Gasteiger partial charge in [0.25, 0.3) is 0 Å². The Balaban J connectivity index is 2.21. The van der Waals surface area contributed by atoms with Crippen LogP contribution in [0.2, 0.25) is 0 Å². The third-order valence-corrected chi connectivity index (χ3v) is 2.57. The molecule has 1 saturated heterocycles. The first-order chi connectivity index (χ1) is 7.16. The van der Waals surface area contributed by atoms with Gasteiger partial charge < -0.3 is 9.84 Å². The third-order valence-electron chi connectivity index (χ3n) is 2.57. The minimum Gasteiger partial charge on any atom is -0.393 e. The van der Waals surface area contributed by atoms with E-state index in [1.54, 1.807) is 0 Å². The average molecular weight is 214 g/mol. The summed E-state index contributed by atoms with van der Waals surface area (Å²) in [6, 6.07) is 3.40. The summed E-state index contributed by atoms with van der Waals surface area (Å²) in [5, 5.41) is 9.41. The maximum Gasteiger partial charge on any atom is 0.131 e. The van der Waals surface area contributed by atoms with Gasteiger partial charge in [0.1, 0.15) is 11.6 Å². The Morgan fingerprint density at radius 1 is 1.33 bits per heavy atom. The number of aliphatic hydroxyl groups excluding tert-OH is 1. The second-order valence-electron chi connectivity index (χ2n) is 3.70. The molecule has 0 saturated carbocycles. The van der Waals surface area contributed by atoms with E-state index < -0.39 is 23.8 Å². The third kappa shape index (κ3) is 2.33. The van der Waals surface area contributed by atoms with E-state index in [2.05, 4.69) is 0 Å². The molecule has 82 valence electrons. The molecule has 15 heavy (non-hydrogen) atoms. The van der Waals surface area contributed by atoms with E-state index in [9.17, 15) is 13.9 Å². The molecule has 1 aliphatic rings. The Morgan fingerprint density at radius 3 is 2.80 bits per heavy atom. The van der Waals surface area contributed by atoms with Crippen molar-refractivity contribution in [3.05, 3.63) is 35.4 Å². The molecule has 0 bridgehead atoms. The molecule has 0 amide bonds. The molecule has 2 unspecified atom stereocenters. The van der Waals surface area contributed by atoms with Crippen molar-refractivity contribution >= 4 is 0 Å². The first kappa shape index (κ1) is 10.5. The number of hydrogen-bond donors (Lipinski definition) is 1. The minimum atomic E-state index is -0.617. The molecule has 0 aliphatic carbocycles. The van der Waals surface area contributed by atoms with E-state index >= 15 is 0 Å². The monoisotopic (exact) mass is 214 g/mol. The maximum atomic E-state index is 13.4. The summed E-state index contributed by atoms with van der Waals surface area (Å²) in [5.41, 5.74) is 0.315. The quantitative estimate of drug-likeness (QED) is 0.776. The molecule has 1 aliphatic heterocycles. The smallest absolute Gasteiger partial charge is 0.131 e. The van der Waals surface area contributed by atoms with Crippen LogP contribution in [0.5, 0.6) is 0 Å². The normalized spacial score (nSPS) is 26.6. The van der Waals surface area contributed by atoms with Gasteiger partial charge in [-0.2, -0.15) is 0 Å². The van der Waals surface area contributed by atoms with Gasteiger partial charge in [0.15, 0.2) is 0 Å². The molecule has 0 spiro atoms. The zero-order valence-corrected chi connectivity index (χ0v) is 8.12. The fourth-order valence-electron chi connectivity index (χ4n) is 1.76. The Kier molecular flexibility index (Phi) is 2.98. The Bertz CT molecular complexity index is 354. The van der Waals surface area contributed by atoms with Crippen molar-refractivity contribution in [1.29, 1.82) is 0 Å². The molecule has 1 aromatic rings. The average Bonchev–Trinajstić information content (AvgIpc) is 2.17. The summed E-state index contributed by atoms with van der Waals surface area (Å²) >= 11 is 0. The van der Waals surface area contributed by atoms with Gasteiger partial charge in [-0.3, -0.25) is 0 Å². The highest BCUT2D eigenvalue weighted by Gasteiger charge is 2.24. The summed E-state index contributed by atoms with van der Waals surface area (Å²) in [6.07, 6.45) is 0.00422. The second kappa shape index (κ2) is 4.24. The first-order valence-corrected chi connectivity index (χ1v) is 4.91. The predicted octanol–water partition coefficient (Wildman–Crippen LogP) is 2.18. The summed E-state index contributed by atoms with van der Waals surface area (Å²) in [5.74, 6) is -1.22. The highest BCUT2D eigenvalue weighted by atomic mass is 19.1. The highest BCUT2D eigenvalue weighted by Crippen LogP contribution is 2.29. The molecule has 1 heterocycles. The molecule has 1 aromatic carbocycles. The highest BCUT2D eigenvalue weighted by molar-refractivity contribution is 5.21. The zero-order valence-electron chi connectivity index (χ0n) is 8.12. The lowest BCUT2D eigenvalue weighted by atomic mass is 9.99. The molecule has 2 rings (SSSR count). The molecular formula is C11H12F2O2. The van der Waals surface area contributed by atoms with Crippen molar-refractivity contribution in [2.75, 3.05) is 6.61 Å². The molecular weight excluding hydrogens is 202 g/mol. The fourth-order valence-corrected chi connectivity index (χ4v) is 1.76. The van der Waals surface area contributed by atoms with Gasteiger partial charge in [0.05, 0.1) is 12.2 Å². The Morgan fingerprint density at radius 2 is 2.13 bits per heavy atom. The second-order valence-corrected chi connectivity index (χ2v) is 3.70. The lowest BCUT2D eigenvalue weighted by molar-refractivity contribution is -0.0461. The molecule has 0 radical (unpaired) electrons. The van der Waals surface area contributed by atoms with Crippen molar-refractivity contribution < 1.29 is 18.6 Å². The number of halogens is 2. The summed E-state index contributed by atoms with van der Waals surface area (Å²) in [4.78, 5) is 0. The molecule has 0 aromatic heterocycles. The Labute approximate surface area is 86.5 Å². The topological polar surface area (TPSA) is 29.5 Å². The van der Waals surface area contributed by atoms with Crippen molar-refractivity contribution in [3.8, 4) is 0 Å². The first-order valence-electron chi connectivity index (χ1n) is 4.91. The van der Waals surface area contributed by atoms with Gasteiger partial charge in [-0.1, -0.05) is 6.07 Å². The van der Waals surface area contributed by atoms with Crippen molar-refractivity contribution in [1.82, 2.24) is 0 Å². The fraction of sp³-hybridized carbons (Fsp3) is 0.455. The predicted molar refractivity (Wildman–Crippen MR) is 50.3 cm³/mol. The molecule has 4 heteroatoms.